The van der Waals surface area contributed by atoms with Crippen LogP contribution in [-0.2, 0) is 17.7 Å². The highest BCUT2D eigenvalue weighted by Crippen LogP contribution is 2.31. The number of morpholine rings is 1. The van der Waals surface area contributed by atoms with Crippen molar-refractivity contribution >= 4 is 16.9 Å². The minimum Gasteiger partial charge on any atom is -0.463 e. The van der Waals surface area contributed by atoms with Crippen molar-refractivity contribution in [2.24, 2.45) is 0 Å². The van der Waals surface area contributed by atoms with E-state index in [1.165, 1.54) is 11.1 Å². The number of benzene rings is 1. The van der Waals surface area contributed by atoms with E-state index in [1.54, 1.807) is 0 Å². The fraction of sp³-hybridized carbons (Fsp3) is 0.455. The van der Waals surface area contributed by atoms with E-state index < -0.39 is 0 Å². The van der Waals surface area contributed by atoms with Crippen LogP contribution in [0.3, 0.4) is 0 Å². The number of likely N-dealkylation sites (tertiary alicyclic amines) is 1. The van der Waals surface area contributed by atoms with Crippen LogP contribution in [0.25, 0.3) is 11.0 Å². The van der Waals surface area contributed by atoms with Crippen LogP contribution in [0.15, 0.2) is 30.5 Å². The number of nitrogens with one attached hydrogen (secondary N) is 1. The second kappa shape index (κ2) is 7.65. The smallest absolute Gasteiger partial charge is 0.319 e. The minimum absolute atomic E-state index is 0.354. The maximum absolute atomic E-state index is 6.10. The van der Waals surface area contributed by atoms with E-state index in [9.17, 15) is 0 Å². The Balaban J connectivity index is 1.29. The average molecular weight is 393 g/mol. The molecule has 2 aliphatic heterocycles. The van der Waals surface area contributed by atoms with Crippen molar-refractivity contribution in [1.82, 2.24) is 19.9 Å². The zero-order valence-corrected chi connectivity index (χ0v) is 16.7. The third-order valence-corrected chi connectivity index (χ3v) is 5.94. The van der Waals surface area contributed by atoms with Crippen LogP contribution in [0.1, 0.15) is 36.5 Å². The van der Waals surface area contributed by atoms with Gasteiger partial charge in [-0.15, -0.1) is 0 Å². The number of hydrogen-bond donors (Lipinski definition) is 2. The number of nitrogens with zero attached hydrogens (tertiary/aromatic N) is 3. The van der Waals surface area contributed by atoms with Gasteiger partial charge in [0.25, 0.3) is 0 Å². The van der Waals surface area contributed by atoms with Gasteiger partial charge in [-0.05, 0) is 17.5 Å². The van der Waals surface area contributed by atoms with Crippen LogP contribution in [0, 0.1) is 0 Å². The lowest BCUT2D eigenvalue weighted by atomic mass is 9.94. The van der Waals surface area contributed by atoms with Crippen LogP contribution in [0.5, 0.6) is 6.01 Å². The van der Waals surface area contributed by atoms with Gasteiger partial charge in [-0.1, -0.05) is 37.6 Å². The van der Waals surface area contributed by atoms with Crippen LogP contribution in [0.2, 0.25) is 0 Å². The molecule has 2 aliphatic rings. The summed E-state index contributed by atoms with van der Waals surface area (Å²) in [6.45, 7) is 5.68. The lowest BCUT2D eigenvalue weighted by Crippen LogP contribution is -2.69. The van der Waals surface area contributed by atoms with Crippen molar-refractivity contribution in [2.45, 2.75) is 44.9 Å². The fourth-order valence-electron chi connectivity index (χ4n) is 4.03. The molecule has 2 aromatic heterocycles. The number of anilines is 1. The summed E-state index contributed by atoms with van der Waals surface area (Å²) < 4.78 is 11.2. The van der Waals surface area contributed by atoms with Gasteiger partial charge in [0, 0.05) is 31.3 Å². The van der Waals surface area contributed by atoms with E-state index in [0.29, 0.717) is 30.6 Å². The molecule has 0 radical (unpaired) electrons. The normalized spacial score (nSPS) is 20.9. The molecule has 2 atom stereocenters. The summed E-state index contributed by atoms with van der Waals surface area (Å²) in [6.07, 6.45) is 5.28. The van der Waals surface area contributed by atoms with Crippen LogP contribution < -0.4 is 10.5 Å². The number of hydrogen-bond acceptors (Lipinski definition) is 6. The van der Waals surface area contributed by atoms with Gasteiger partial charge in [0.2, 0.25) is 0 Å². The molecular weight excluding hydrogens is 366 g/mol. The molecule has 0 aliphatic carbocycles. The van der Waals surface area contributed by atoms with E-state index >= 15 is 0 Å². The summed E-state index contributed by atoms with van der Waals surface area (Å²) in [5, 5.41) is 0. The van der Waals surface area contributed by atoms with Crippen molar-refractivity contribution in [3.63, 3.8) is 0 Å². The van der Waals surface area contributed by atoms with Crippen molar-refractivity contribution in [3.8, 4) is 6.01 Å². The number of aromatic amines is 1. The number of H-pyrrole nitrogens is 1. The maximum Gasteiger partial charge on any atom is 0.319 e. The highest BCUT2D eigenvalue weighted by Gasteiger charge is 2.46. The number of nitrogen functional groups attached to an aromatic ring is 1. The average Bonchev–Trinajstić information content (AvgIpc) is 3.10. The highest BCUT2D eigenvalue weighted by molar-refractivity contribution is 5.87. The molecule has 2 fully saturated rings. The molecule has 29 heavy (non-hydrogen) atoms. The molecule has 152 valence electrons. The first-order valence-electron chi connectivity index (χ1n) is 10.4. The zero-order valence-electron chi connectivity index (χ0n) is 16.7. The van der Waals surface area contributed by atoms with E-state index in [-0.39, 0.29) is 0 Å². The third kappa shape index (κ3) is 3.56. The molecule has 0 amide bonds. The monoisotopic (exact) mass is 393 g/mol. The first-order valence-corrected chi connectivity index (χ1v) is 10.4. The molecule has 1 unspecified atom stereocenters. The van der Waals surface area contributed by atoms with E-state index in [0.717, 1.165) is 55.6 Å². The summed E-state index contributed by atoms with van der Waals surface area (Å²) in [7, 11) is 0. The Morgan fingerprint density at radius 3 is 2.76 bits per heavy atom. The summed E-state index contributed by atoms with van der Waals surface area (Å²) in [5.74, 6) is 0.427. The summed E-state index contributed by atoms with van der Waals surface area (Å²) in [6, 6.07) is 9.84. The van der Waals surface area contributed by atoms with E-state index in [4.69, 9.17) is 15.2 Å². The number of unbranched alkanes of at least 4 members (excludes halogenated alkanes) is 1. The minimum atomic E-state index is 0.354. The molecule has 7 heteroatoms. The van der Waals surface area contributed by atoms with E-state index in [2.05, 4.69) is 51.0 Å². The molecule has 0 spiro atoms. The van der Waals surface area contributed by atoms with Gasteiger partial charge in [-0.25, -0.2) is 0 Å². The van der Waals surface area contributed by atoms with Crippen molar-refractivity contribution < 1.29 is 9.47 Å². The molecular formula is C22H27N5O2. The Morgan fingerprint density at radius 1 is 1.24 bits per heavy atom. The SMILES string of the molecule is CCCCOc1nc(N)c2[nH]cc(Cc3ccc(CN4C[C@H]5OCC54)cc3)c2n1. The quantitative estimate of drug-likeness (QED) is 0.572. The summed E-state index contributed by atoms with van der Waals surface area (Å²) >= 11 is 0. The molecule has 3 N–H and O–H groups in total. The van der Waals surface area contributed by atoms with Crippen molar-refractivity contribution in [1.29, 1.82) is 0 Å². The van der Waals surface area contributed by atoms with Crippen LogP contribution >= 0.6 is 0 Å². The third-order valence-electron chi connectivity index (χ3n) is 5.94. The maximum atomic E-state index is 6.10. The molecule has 3 aromatic rings. The molecule has 0 saturated carbocycles. The van der Waals surface area contributed by atoms with Gasteiger partial charge in [0.1, 0.15) is 11.0 Å². The molecule has 0 bridgehead atoms. The first-order chi connectivity index (χ1) is 14.2. The van der Waals surface area contributed by atoms with E-state index in [1.807, 2.05) is 6.20 Å². The van der Waals surface area contributed by atoms with Gasteiger partial charge in [0.15, 0.2) is 5.82 Å². The van der Waals surface area contributed by atoms with Gasteiger partial charge in [-0.3, -0.25) is 4.90 Å². The summed E-state index contributed by atoms with van der Waals surface area (Å²) in [5.41, 5.74) is 11.4. The van der Waals surface area contributed by atoms with Crippen LogP contribution in [-0.4, -0.2) is 51.8 Å². The zero-order chi connectivity index (χ0) is 19.8. The predicted octanol–water partition coefficient (Wildman–Crippen LogP) is 2.89. The topological polar surface area (TPSA) is 89.3 Å². The second-order valence-corrected chi connectivity index (χ2v) is 7.99. The van der Waals surface area contributed by atoms with Gasteiger partial charge in [-0.2, -0.15) is 9.97 Å². The fourth-order valence-corrected chi connectivity index (χ4v) is 4.03. The lowest BCUT2D eigenvalue weighted by Gasteiger charge is -2.55. The number of rotatable bonds is 8. The standard InChI is InChI=1S/C22H27N5O2/c1-2-3-8-28-22-25-19-16(10-24-20(19)21(23)26-22)9-14-4-6-15(7-5-14)11-27-12-18-17(27)13-29-18/h4-7,10,17-18,24H,2-3,8-9,11-13H2,1H3,(H2,23,25,26)/t17?,18-/m1/s1. The Hall–Kier alpha value is -2.64. The predicted molar refractivity (Wildman–Crippen MR) is 112 cm³/mol. The second-order valence-electron chi connectivity index (χ2n) is 7.99. The number of fused-ring (bicyclic) bond motifs is 2. The Morgan fingerprint density at radius 2 is 2.07 bits per heavy atom. The summed E-state index contributed by atoms with van der Waals surface area (Å²) in [4.78, 5) is 14.6. The highest BCUT2D eigenvalue weighted by atomic mass is 16.5. The van der Waals surface area contributed by atoms with Crippen molar-refractivity contribution in [2.75, 3.05) is 25.5 Å². The molecule has 4 heterocycles. The Bertz CT molecular complexity index is 1000. The lowest BCUT2D eigenvalue weighted by molar-refractivity contribution is -0.217. The molecule has 7 nitrogen and oxygen atoms in total. The first kappa shape index (κ1) is 18.4. The number of ether oxygens (including phenoxy) is 2. The molecule has 2 saturated heterocycles. The Labute approximate surface area is 170 Å². The molecule has 5 rings (SSSR count). The largest absolute Gasteiger partial charge is 0.463 e. The van der Waals surface area contributed by atoms with Gasteiger partial charge >= 0.3 is 6.01 Å². The number of nitrogens with two attached hydrogens (primary N) is 1. The molecule has 1 aromatic carbocycles. The number of aromatic nitrogens is 3. The van der Waals surface area contributed by atoms with Crippen molar-refractivity contribution in [3.05, 3.63) is 47.2 Å². The van der Waals surface area contributed by atoms with Gasteiger partial charge < -0.3 is 20.2 Å². The van der Waals surface area contributed by atoms with Gasteiger partial charge in [0.05, 0.1) is 25.4 Å². The van der Waals surface area contributed by atoms with Crippen LogP contribution in [0.4, 0.5) is 5.82 Å². The Kier molecular flexibility index (Phi) is 4.85.